The molecule has 0 bridgehead atoms. The molecule has 0 radical (unpaired) electrons. The van der Waals surface area contributed by atoms with Gasteiger partial charge in [0, 0.05) is 11.7 Å². The van der Waals surface area contributed by atoms with Crippen LogP contribution in [0.4, 0.5) is 0 Å². The van der Waals surface area contributed by atoms with Crippen molar-refractivity contribution in [2.45, 2.75) is 19.8 Å². The summed E-state index contributed by atoms with van der Waals surface area (Å²) in [5, 5.41) is 18.2. The van der Waals surface area contributed by atoms with Gasteiger partial charge in [0.15, 0.2) is 0 Å². The molecule has 0 saturated heterocycles. The van der Waals surface area contributed by atoms with E-state index in [-0.39, 0.29) is 5.92 Å². The van der Waals surface area contributed by atoms with Crippen LogP contribution in [-0.2, 0) is 0 Å². The lowest BCUT2D eigenvalue weighted by Gasteiger charge is -2.09. The molecule has 1 aromatic rings. The summed E-state index contributed by atoms with van der Waals surface area (Å²) >= 11 is 5.92. The largest absolute Gasteiger partial charge is 0.490 e. The molecule has 1 heterocycles. The number of aromatic nitrogens is 1. The third kappa shape index (κ3) is 2.21. The SMILES string of the molecule is CC(C)c1nccc(B(O)O)c1Cl. The fourth-order valence-corrected chi connectivity index (χ4v) is 1.51. The molecular weight excluding hydrogens is 188 g/mol. The van der Waals surface area contributed by atoms with Crippen molar-refractivity contribution in [1.29, 1.82) is 0 Å². The van der Waals surface area contributed by atoms with Crippen LogP contribution in [0.5, 0.6) is 0 Å². The molecule has 13 heavy (non-hydrogen) atoms. The normalized spacial score (nSPS) is 10.6. The van der Waals surface area contributed by atoms with Crippen LogP contribution in [0.1, 0.15) is 25.5 Å². The Balaban J connectivity index is 3.18. The Kier molecular flexibility index (Phi) is 3.30. The number of halogens is 1. The molecule has 0 saturated carbocycles. The van der Waals surface area contributed by atoms with Gasteiger partial charge >= 0.3 is 7.12 Å². The molecule has 70 valence electrons. The molecule has 1 aromatic heterocycles. The van der Waals surface area contributed by atoms with E-state index < -0.39 is 7.12 Å². The predicted molar refractivity (Wildman–Crippen MR) is 53.2 cm³/mol. The summed E-state index contributed by atoms with van der Waals surface area (Å²) in [5.41, 5.74) is 0.993. The molecule has 0 unspecified atom stereocenters. The summed E-state index contributed by atoms with van der Waals surface area (Å²) in [6.07, 6.45) is 1.52. The quantitative estimate of drug-likeness (QED) is 0.684. The van der Waals surface area contributed by atoms with Gasteiger partial charge < -0.3 is 10.0 Å². The summed E-state index contributed by atoms with van der Waals surface area (Å²) in [6.45, 7) is 3.89. The summed E-state index contributed by atoms with van der Waals surface area (Å²) < 4.78 is 0. The van der Waals surface area contributed by atoms with Crippen LogP contribution in [0.25, 0.3) is 0 Å². The second-order valence-corrected chi connectivity index (χ2v) is 3.51. The van der Waals surface area contributed by atoms with Gasteiger partial charge in [0.25, 0.3) is 0 Å². The van der Waals surface area contributed by atoms with Gasteiger partial charge in [0.05, 0.1) is 10.7 Å². The predicted octanol–water partition coefficient (Wildman–Crippen LogP) is 0.538. The Labute approximate surface area is 82.5 Å². The Hall–Kier alpha value is -0.575. The van der Waals surface area contributed by atoms with Crippen molar-refractivity contribution < 1.29 is 10.0 Å². The zero-order valence-corrected chi connectivity index (χ0v) is 8.28. The maximum atomic E-state index is 8.95. The molecule has 3 nitrogen and oxygen atoms in total. The van der Waals surface area contributed by atoms with E-state index in [2.05, 4.69) is 4.98 Å². The van der Waals surface area contributed by atoms with Crippen molar-refractivity contribution in [3.8, 4) is 0 Å². The van der Waals surface area contributed by atoms with E-state index in [1.807, 2.05) is 13.8 Å². The number of nitrogens with zero attached hydrogens (tertiary/aromatic N) is 1. The third-order valence-corrected chi connectivity index (χ3v) is 2.18. The maximum absolute atomic E-state index is 8.95. The van der Waals surface area contributed by atoms with Crippen LogP contribution in [0, 0.1) is 0 Å². The smallest absolute Gasteiger partial charge is 0.423 e. The number of rotatable bonds is 2. The molecule has 0 amide bonds. The molecule has 0 atom stereocenters. The van der Waals surface area contributed by atoms with Crippen molar-refractivity contribution >= 4 is 24.2 Å². The van der Waals surface area contributed by atoms with Crippen molar-refractivity contribution in [2.75, 3.05) is 0 Å². The van der Waals surface area contributed by atoms with Gasteiger partial charge in [0.1, 0.15) is 0 Å². The van der Waals surface area contributed by atoms with Crippen LogP contribution in [0.2, 0.25) is 5.02 Å². The van der Waals surface area contributed by atoms with Crippen LogP contribution >= 0.6 is 11.6 Å². The molecular formula is C8H11BClNO2. The van der Waals surface area contributed by atoms with Crippen molar-refractivity contribution in [2.24, 2.45) is 0 Å². The first-order valence-electron chi connectivity index (χ1n) is 4.04. The first-order chi connectivity index (χ1) is 6.04. The number of hydrogen-bond donors (Lipinski definition) is 2. The van der Waals surface area contributed by atoms with E-state index in [1.165, 1.54) is 12.3 Å². The summed E-state index contributed by atoms with van der Waals surface area (Å²) in [6, 6.07) is 1.50. The zero-order chi connectivity index (χ0) is 10.0. The van der Waals surface area contributed by atoms with Crippen molar-refractivity contribution in [1.82, 2.24) is 4.98 Å². The lowest BCUT2D eigenvalue weighted by atomic mass is 9.80. The highest BCUT2D eigenvalue weighted by Gasteiger charge is 2.18. The van der Waals surface area contributed by atoms with E-state index in [4.69, 9.17) is 21.6 Å². The molecule has 0 aliphatic heterocycles. The summed E-state index contributed by atoms with van der Waals surface area (Å²) in [7, 11) is -1.53. The lowest BCUT2D eigenvalue weighted by Crippen LogP contribution is -2.31. The van der Waals surface area contributed by atoms with Crippen molar-refractivity contribution in [3.05, 3.63) is 23.0 Å². The molecule has 0 fully saturated rings. The average Bonchev–Trinajstić information content (AvgIpc) is 2.03. The van der Waals surface area contributed by atoms with Crippen molar-refractivity contribution in [3.63, 3.8) is 0 Å². The van der Waals surface area contributed by atoms with Gasteiger partial charge in [-0.2, -0.15) is 0 Å². The molecule has 0 aliphatic rings. The third-order valence-electron chi connectivity index (χ3n) is 1.77. The van der Waals surface area contributed by atoms with Crippen LogP contribution in [-0.4, -0.2) is 22.2 Å². The zero-order valence-electron chi connectivity index (χ0n) is 7.53. The Morgan fingerprint density at radius 3 is 2.54 bits per heavy atom. The topological polar surface area (TPSA) is 53.4 Å². The fraction of sp³-hybridized carbons (Fsp3) is 0.375. The van der Waals surface area contributed by atoms with Gasteiger partial charge in [0.2, 0.25) is 0 Å². The molecule has 0 spiro atoms. The van der Waals surface area contributed by atoms with E-state index in [1.54, 1.807) is 0 Å². The minimum Gasteiger partial charge on any atom is -0.423 e. The van der Waals surface area contributed by atoms with E-state index >= 15 is 0 Å². The van der Waals surface area contributed by atoms with Crippen LogP contribution in [0.3, 0.4) is 0 Å². The Morgan fingerprint density at radius 2 is 2.08 bits per heavy atom. The monoisotopic (exact) mass is 199 g/mol. The standard InChI is InChI=1S/C8H11BClNO2/c1-5(2)8-7(10)6(9(12)13)3-4-11-8/h3-5,12-13H,1-2H3. The molecule has 0 aromatic carbocycles. The summed E-state index contributed by atoms with van der Waals surface area (Å²) in [5.74, 6) is 0.172. The van der Waals surface area contributed by atoms with Crippen LogP contribution in [0.15, 0.2) is 12.3 Å². The number of hydrogen-bond acceptors (Lipinski definition) is 3. The maximum Gasteiger partial charge on any atom is 0.490 e. The highest BCUT2D eigenvalue weighted by Crippen LogP contribution is 2.19. The first kappa shape index (κ1) is 10.5. The highest BCUT2D eigenvalue weighted by atomic mass is 35.5. The molecule has 0 aliphatic carbocycles. The van der Waals surface area contributed by atoms with E-state index in [9.17, 15) is 0 Å². The highest BCUT2D eigenvalue weighted by molar-refractivity contribution is 6.62. The van der Waals surface area contributed by atoms with Gasteiger partial charge in [-0.3, -0.25) is 4.98 Å². The fourth-order valence-electron chi connectivity index (χ4n) is 1.08. The summed E-state index contributed by atoms with van der Waals surface area (Å²) in [4.78, 5) is 4.07. The Bertz CT molecular complexity index is 278. The van der Waals surface area contributed by atoms with Gasteiger partial charge in [-0.25, -0.2) is 0 Å². The average molecular weight is 199 g/mol. The van der Waals surface area contributed by atoms with E-state index in [0.29, 0.717) is 16.2 Å². The molecule has 5 heteroatoms. The van der Waals surface area contributed by atoms with E-state index in [0.717, 1.165) is 0 Å². The van der Waals surface area contributed by atoms with Gasteiger partial charge in [-0.05, 0) is 12.0 Å². The van der Waals surface area contributed by atoms with Gasteiger partial charge in [-0.15, -0.1) is 0 Å². The van der Waals surface area contributed by atoms with Gasteiger partial charge in [-0.1, -0.05) is 25.4 Å². The number of pyridine rings is 1. The minimum absolute atomic E-state index is 0.172. The minimum atomic E-state index is -1.53. The second kappa shape index (κ2) is 4.09. The Morgan fingerprint density at radius 1 is 1.46 bits per heavy atom. The molecule has 2 N–H and O–H groups in total. The first-order valence-corrected chi connectivity index (χ1v) is 4.42. The van der Waals surface area contributed by atoms with Crippen LogP contribution < -0.4 is 5.46 Å². The lowest BCUT2D eigenvalue weighted by molar-refractivity contribution is 0.425. The second-order valence-electron chi connectivity index (χ2n) is 3.13. The molecule has 1 rings (SSSR count).